The number of rotatable bonds is 2. The van der Waals surface area contributed by atoms with E-state index in [-0.39, 0.29) is 33.6 Å². The summed E-state index contributed by atoms with van der Waals surface area (Å²) in [5.74, 6) is -0.258. The molecule has 2 N–H and O–H groups in total. The maximum atomic E-state index is 12.0. The lowest BCUT2D eigenvalue weighted by Crippen LogP contribution is -2.61. The molecule has 1 amide bonds. The van der Waals surface area contributed by atoms with Crippen molar-refractivity contribution < 1.29 is 9.90 Å². The number of nitrogens with one attached hydrogen (secondary N) is 1. The number of amides is 1. The molecule has 1 aliphatic rings. The van der Waals surface area contributed by atoms with Gasteiger partial charge in [-0.15, -0.1) is 0 Å². The van der Waals surface area contributed by atoms with E-state index in [0.717, 1.165) is 0 Å². The standard InChI is InChI=1S/C12H14Cl2N2O2/c1-12(2)8(4-9(12)17)16-11(18)6-3-7(13)10(14)15-5-6/h3,5,8-9,17H,4H2,1-2H3,(H,16,18). The molecule has 18 heavy (non-hydrogen) atoms. The Labute approximate surface area is 115 Å². The predicted octanol–water partition coefficient (Wildman–Crippen LogP) is 2.28. The molecule has 1 heterocycles. The first-order valence-corrected chi connectivity index (χ1v) is 6.38. The van der Waals surface area contributed by atoms with Crippen LogP contribution >= 0.6 is 23.2 Å². The second-order valence-electron chi connectivity index (χ2n) is 5.10. The van der Waals surface area contributed by atoms with Gasteiger partial charge in [-0.2, -0.15) is 0 Å². The number of halogens is 2. The van der Waals surface area contributed by atoms with Crippen molar-refractivity contribution in [2.75, 3.05) is 0 Å². The lowest BCUT2D eigenvalue weighted by Gasteiger charge is -2.49. The van der Waals surface area contributed by atoms with E-state index >= 15 is 0 Å². The first kappa shape index (κ1) is 13.6. The predicted molar refractivity (Wildman–Crippen MR) is 69.9 cm³/mol. The summed E-state index contributed by atoms with van der Waals surface area (Å²) < 4.78 is 0. The minimum absolute atomic E-state index is 0.0468. The number of aliphatic hydroxyl groups is 1. The number of carbonyl (C=O) groups excluding carboxylic acids is 1. The Balaban J connectivity index is 2.07. The summed E-state index contributed by atoms with van der Waals surface area (Å²) in [4.78, 5) is 15.8. The number of hydrogen-bond acceptors (Lipinski definition) is 3. The molecule has 0 radical (unpaired) electrons. The van der Waals surface area contributed by atoms with Gasteiger partial charge in [-0.25, -0.2) is 4.98 Å². The van der Waals surface area contributed by atoms with Crippen LogP contribution in [0.5, 0.6) is 0 Å². The average molecular weight is 289 g/mol. The minimum Gasteiger partial charge on any atom is -0.392 e. The molecular formula is C12H14Cl2N2O2. The van der Waals surface area contributed by atoms with Crippen LogP contribution in [-0.4, -0.2) is 28.1 Å². The van der Waals surface area contributed by atoms with E-state index in [4.69, 9.17) is 23.2 Å². The fraction of sp³-hybridized carbons (Fsp3) is 0.500. The summed E-state index contributed by atoms with van der Waals surface area (Å²) in [6.07, 6.45) is 1.56. The average Bonchev–Trinajstić information content (AvgIpc) is 2.32. The van der Waals surface area contributed by atoms with Gasteiger partial charge in [0.15, 0.2) is 0 Å². The second-order valence-corrected chi connectivity index (χ2v) is 5.86. The van der Waals surface area contributed by atoms with Crippen LogP contribution in [-0.2, 0) is 0 Å². The highest BCUT2D eigenvalue weighted by molar-refractivity contribution is 6.41. The third-order valence-corrected chi connectivity index (χ3v) is 4.27. The van der Waals surface area contributed by atoms with Crippen LogP contribution < -0.4 is 5.32 Å². The molecule has 1 saturated carbocycles. The first-order valence-electron chi connectivity index (χ1n) is 5.62. The van der Waals surface area contributed by atoms with Crippen LogP contribution in [0.2, 0.25) is 10.2 Å². The molecule has 2 atom stereocenters. The molecule has 0 aliphatic heterocycles. The molecule has 0 bridgehead atoms. The third kappa shape index (κ3) is 2.32. The molecule has 0 spiro atoms. The molecule has 0 saturated heterocycles. The summed E-state index contributed by atoms with van der Waals surface area (Å²) in [7, 11) is 0. The summed E-state index contributed by atoms with van der Waals surface area (Å²) in [5, 5.41) is 12.9. The zero-order chi connectivity index (χ0) is 13.5. The van der Waals surface area contributed by atoms with Crippen LogP contribution in [0.1, 0.15) is 30.6 Å². The van der Waals surface area contributed by atoms with Crippen molar-refractivity contribution in [2.24, 2.45) is 5.41 Å². The van der Waals surface area contributed by atoms with Crippen LogP contribution in [0.15, 0.2) is 12.3 Å². The molecule has 1 aromatic rings. The van der Waals surface area contributed by atoms with Gasteiger partial charge in [0.1, 0.15) is 5.15 Å². The Morgan fingerprint density at radius 2 is 2.22 bits per heavy atom. The molecule has 4 nitrogen and oxygen atoms in total. The van der Waals surface area contributed by atoms with Gasteiger partial charge in [0.2, 0.25) is 0 Å². The van der Waals surface area contributed by atoms with Crippen molar-refractivity contribution in [2.45, 2.75) is 32.4 Å². The molecule has 2 rings (SSSR count). The van der Waals surface area contributed by atoms with Crippen molar-refractivity contribution in [3.8, 4) is 0 Å². The van der Waals surface area contributed by atoms with E-state index in [2.05, 4.69) is 10.3 Å². The van der Waals surface area contributed by atoms with E-state index < -0.39 is 0 Å². The Kier molecular flexibility index (Phi) is 3.54. The topological polar surface area (TPSA) is 62.2 Å². The third-order valence-electron chi connectivity index (χ3n) is 3.58. The SMILES string of the molecule is CC1(C)C(O)CC1NC(=O)c1cnc(Cl)c(Cl)c1. The highest BCUT2D eigenvalue weighted by atomic mass is 35.5. The van der Waals surface area contributed by atoms with E-state index in [1.807, 2.05) is 13.8 Å². The number of hydrogen-bond donors (Lipinski definition) is 2. The molecule has 2 unspecified atom stereocenters. The summed E-state index contributed by atoms with van der Waals surface area (Å²) in [6.45, 7) is 3.83. The lowest BCUT2D eigenvalue weighted by molar-refractivity contribution is -0.0689. The number of carbonyl (C=O) groups is 1. The Hall–Kier alpha value is -0.840. The van der Waals surface area contributed by atoms with Crippen molar-refractivity contribution in [3.63, 3.8) is 0 Å². The molecule has 98 valence electrons. The van der Waals surface area contributed by atoms with Gasteiger partial charge in [0, 0.05) is 17.7 Å². The Morgan fingerprint density at radius 3 is 2.72 bits per heavy atom. The van der Waals surface area contributed by atoms with Crippen LogP contribution in [0.4, 0.5) is 0 Å². The fourth-order valence-corrected chi connectivity index (χ4v) is 2.20. The van der Waals surface area contributed by atoms with E-state index in [1.165, 1.54) is 12.3 Å². The number of aliphatic hydroxyl groups excluding tert-OH is 1. The molecule has 1 aromatic heterocycles. The molecule has 1 aliphatic carbocycles. The van der Waals surface area contributed by atoms with Crippen molar-refractivity contribution in [1.29, 1.82) is 0 Å². The second kappa shape index (κ2) is 4.68. The number of pyridine rings is 1. The normalized spacial score (nSPS) is 25.4. The molecule has 1 fully saturated rings. The monoisotopic (exact) mass is 288 g/mol. The van der Waals surface area contributed by atoms with E-state index in [1.54, 1.807) is 0 Å². The maximum Gasteiger partial charge on any atom is 0.253 e. The van der Waals surface area contributed by atoms with E-state index in [0.29, 0.717) is 12.0 Å². The highest BCUT2D eigenvalue weighted by Crippen LogP contribution is 2.40. The summed E-state index contributed by atoms with van der Waals surface area (Å²) >= 11 is 11.5. The Morgan fingerprint density at radius 1 is 1.56 bits per heavy atom. The van der Waals surface area contributed by atoms with Crippen molar-refractivity contribution in [1.82, 2.24) is 10.3 Å². The molecule has 0 aromatic carbocycles. The number of nitrogens with zero attached hydrogens (tertiary/aromatic N) is 1. The van der Waals surface area contributed by atoms with Crippen LogP contribution in [0, 0.1) is 5.41 Å². The largest absolute Gasteiger partial charge is 0.392 e. The quantitative estimate of drug-likeness (QED) is 0.821. The van der Waals surface area contributed by atoms with Gasteiger partial charge in [-0.3, -0.25) is 4.79 Å². The van der Waals surface area contributed by atoms with Gasteiger partial charge in [0.05, 0.1) is 16.7 Å². The van der Waals surface area contributed by atoms with Crippen LogP contribution in [0.3, 0.4) is 0 Å². The fourth-order valence-electron chi connectivity index (χ4n) is 1.93. The van der Waals surface area contributed by atoms with Gasteiger partial charge >= 0.3 is 0 Å². The van der Waals surface area contributed by atoms with Crippen molar-refractivity contribution >= 4 is 29.1 Å². The van der Waals surface area contributed by atoms with Gasteiger partial charge < -0.3 is 10.4 Å². The maximum absolute atomic E-state index is 12.0. The van der Waals surface area contributed by atoms with Crippen LogP contribution in [0.25, 0.3) is 0 Å². The molecular weight excluding hydrogens is 275 g/mol. The summed E-state index contributed by atoms with van der Waals surface area (Å²) in [5.41, 5.74) is 0.0563. The van der Waals surface area contributed by atoms with Gasteiger partial charge in [-0.1, -0.05) is 37.0 Å². The molecule has 6 heteroatoms. The zero-order valence-corrected chi connectivity index (χ0v) is 11.6. The minimum atomic E-state index is -0.380. The zero-order valence-electron chi connectivity index (χ0n) is 10.1. The van der Waals surface area contributed by atoms with E-state index in [9.17, 15) is 9.90 Å². The number of aromatic nitrogens is 1. The highest BCUT2D eigenvalue weighted by Gasteiger charge is 2.47. The Bertz CT molecular complexity index is 491. The lowest BCUT2D eigenvalue weighted by atomic mass is 9.64. The van der Waals surface area contributed by atoms with Crippen molar-refractivity contribution in [3.05, 3.63) is 28.0 Å². The first-order chi connectivity index (χ1) is 8.32. The van der Waals surface area contributed by atoms with Gasteiger partial charge in [-0.05, 0) is 12.5 Å². The van der Waals surface area contributed by atoms with Gasteiger partial charge in [0.25, 0.3) is 5.91 Å². The summed E-state index contributed by atoms with van der Waals surface area (Å²) in [6, 6.07) is 1.43. The smallest absolute Gasteiger partial charge is 0.253 e.